The highest BCUT2D eigenvalue weighted by atomic mass is 32.3. The molecule has 0 aromatic carbocycles. The monoisotopic (exact) mass is 344 g/mol. The third kappa shape index (κ3) is 8.13. The quantitative estimate of drug-likeness (QED) is 0.566. The van der Waals surface area contributed by atoms with E-state index in [4.69, 9.17) is 8.37 Å². The van der Waals surface area contributed by atoms with Crippen LogP contribution in [0.5, 0.6) is 0 Å². The molecule has 0 rings (SSSR count). The molecule has 0 saturated carbocycles. The zero-order chi connectivity index (χ0) is 16.8. The van der Waals surface area contributed by atoms with E-state index < -0.39 is 37.5 Å². The van der Waals surface area contributed by atoms with E-state index in [2.05, 4.69) is 0 Å². The molecule has 0 aliphatic carbocycles. The Morgan fingerprint density at radius 2 is 1.00 bits per heavy atom. The van der Waals surface area contributed by atoms with Gasteiger partial charge in [0, 0.05) is 0 Å². The van der Waals surface area contributed by atoms with E-state index in [-0.39, 0.29) is 11.8 Å². The van der Waals surface area contributed by atoms with Crippen LogP contribution in [0.4, 0.5) is 0 Å². The van der Waals surface area contributed by atoms with Gasteiger partial charge in [0.25, 0.3) is 20.2 Å². The molecule has 0 amide bonds. The molecule has 128 valence electrons. The van der Waals surface area contributed by atoms with E-state index in [9.17, 15) is 16.8 Å². The van der Waals surface area contributed by atoms with E-state index in [1.807, 2.05) is 27.7 Å². The lowest BCUT2D eigenvalue weighted by atomic mass is 10.1. The first-order valence-corrected chi connectivity index (χ1v) is 10.4. The first kappa shape index (κ1) is 20.8. The zero-order valence-electron chi connectivity index (χ0n) is 13.7. The minimum Gasteiger partial charge on any atom is -0.266 e. The van der Waals surface area contributed by atoms with E-state index in [1.54, 1.807) is 13.8 Å². The van der Waals surface area contributed by atoms with Gasteiger partial charge in [-0.3, -0.25) is 8.37 Å². The van der Waals surface area contributed by atoms with Gasteiger partial charge in [-0.2, -0.15) is 16.8 Å². The van der Waals surface area contributed by atoms with Crippen molar-refractivity contribution in [1.29, 1.82) is 0 Å². The summed E-state index contributed by atoms with van der Waals surface area (Å²) in [6.07, 6.45) is -0.0856. The normalized spacial score (nSPS) is 16.4. The van der Waals surface area contributed by atoms with Crippen LogP contribution in [-0.4, -0.2) is 34.1 Å². The Hall–Kier alpha value is -0.180. The predicted molar refractivity (Wildman–Crippen MR) is 82.7 cm³/mol. The number of rotatable bonds is 10. The van der Waals surface area contributed by atoms with Crippen LogP contribution < -0.4 is 0 Å². The van der Waals surface area contributed by atoms with Crippen molar-refractivity contribution in [3.05, 3.63) is 0 Å². The fraction of sp³-hybridized carbons (Fsp3) is 1.00. The molecule has 6 nitrogen and oxygen atoms in total. The van der Waals surface area contributed by atoms with Gasteiger partial charge >= 0.3 is 0 Å². The molecule has 0 aromatic heterocycles. The van der Waals surface area contributed by atoms with Crippen LogP contribution in [0.15, 0.2) is 0 Å². The van der Waals surface area contributed by atoms with Crippen molar-refractivity contribution >= 4 is 20.2 Å². The summed E-state index contributed by atoms with van der Waals surface area (Å²) in [4.78, 5) is 0. The summed E-state index contributed by atoms with van der Waals surface area (Å²) in [7, 11) is -8.38. The highest BCUT2D eigenvalue weighted by Gasteiger charge is 2.30. The van der Waals surface area contributed by atoms with Crippen molar-refractivity contribution < 1.29 is 25.2 Å². The summed E-state index contributed by atoms with van der Waals surface area (Å²) in [6, 6.07) is 0. The van der Waals surface area contributed by atoms with Crippen molar-refractivity contribution in [3.63, 3.8) is 0 Å². The SMILES string of the molecule is CCC(OS(=O)(=O)CS(=O)(=O)OC(CC)C(C)C)C(C)C. The van der Waals surface area contributed by atoms with Crippen molar-refractivity contribution in [2.24, 2.45) is 11.8 Å². The molecule has 0 N–H and O–H groups in total. The van der Waals surface area contributed by atoms with Crippen molar-refractivity contribution in [3.8, 4) is 0 Å². The summed E-state index contributed by atoms with van der Waals surface area (Å²) in [5.41, 5.74) is 0. The van der Waals surface area contributed by atoms with Crippen LogP contribution in [0.1, 0.15) is 54.4 Å². The molecule has 21 heavy (non-hydrogen) atoms. The summed E-state index contributed by atoms with van der Waals surface area (Å²) < 4.78 is 57.5. The second-order valence-corrected chi connectivity index (χ2v) is 9.37. The minimum atomic E-state index is -4.19. The third-order valence-corrected chi connectivity index (χ3v) is 6.51. The van der Waals surface area contributed by atoms with Gasteiger partial charge in [-0.05, 0) is 24.7 Å². The Kier molecular flexibility index (Phi) is 8.38. The molecule has 2 atom stereocenters. The maximum Gasteiger partial charge on any atom is 0.284 e. The van der Waals surface area contributed by atoms with E-state index >= 15 is 0 Å². The van der Waals surface area contributed by atoms with E-state index in [1.165, 1.54) is 0 Å². The van der Waals surface area contributed by atoms with Gasteiger partial charge < -0.3 is 0 Å². The Morgan fingerprint density at radius 1 is 0.714 bits per heavy atom. The largest absolute Gasteiger partial charge is 0.284 e. The van der Waals surface area contributed by atoms with Crippen LogP contribution in [0.3, 0.4) is 0 Å². The lowest BCUT2D eigenvalue weighted by Crippen LogP contribution is -2.31. The maximum absolute atomic E-state index is 11.9. The predicted octanol–water partition coefficient (Wildman–Crippen LogP) is 2.51. The Labute approximate surface area is 129 Å². The molecule has 0 bridgehead atoms. The van der Waals surface area contributed by atoms with Gasteiger partial charge in [-0.15, -0.1) is 0 Å². The standard InChI is InChI=1S/C13H28O6S2/c1-7-12(10(3)4)18-20(14,15)9-21(16,17)19-13(8-2)11(5)6/h10-13H,7-9H2,1-6H3. The fourth-order valence-electron chi connectivity index (χ4n) is 1.91. The lowest BCUT2D eigenvalue weighted by Gasteiger charge is -2.21. The van der Waals surface area contributed by atoms with E-state index in [0.717, 1.165) is 0 Å². The molecule has 0 aromatic rings. The van der Waals surface area contributed by atoms with Crippen molar-refractivity contribution in [2.45, 2.75) is 66.6 Å². The summed E-state index contributed by atoms with van der Waals surface area (Å²) in [5.74, 6) is -0.0418. The van der Waals surface area contributed by atoms with Crippen LogP contribution >= 0.6 is 0 Å². The average Bonchev–Trinajstić information content (AvgIpc) is 2.31. The van der Waals surface area contributed by atoms with Gasteiger partial charge in [-0.25, -0.2) is 0 Å². The number of hydrogen-bond acceptors (Lipinski definition) is 6. The molecule has 0 saturated heterocycles. The molecule has 0 aliphatic heterocycles. The number of hydrogen-bond donors (Lipinski definition) is 0. The molecule has 0 fully saturated rings. The second kappa shape index (κ2) is 8.45. The third-order valence-electron chi connectivity index (χ3n) is 3.12. The topological polar surface area (TPSA) is 86.7 Å². The first-order chi connectivity index (χ1) is 9.44. The summed E-state index contributed by atoms with van der Waals surface area (Å²) in [5, 5.41) is -1.15. The Bertz CT molecular complexity index is 447. The molecule has 0 radical (unpaired) electrons. The lowest BCUT2D eigenvalue weighted by molar-refractivity contribution is 0.150. The molecule has 0 spiro atoms. The second-order valence-electron chi connectivity index (χ2n) is 5.81. The van der Waals surface area contributed by atoms with Crippen LogP contribution in [-0.2, 0) is 28.6 Å². The molecule has 2 unspecified atom stereocenters. The Balaban J connectivity index is 4.92. The maximum atomic E-state index is 11.9. The van der Waals surface area contributed by atoms with Gasteiger partial charge in [0.2, 0.25) is 5.08 Å². The minimum absolute atomic E-state index is 0.0209. The van der Waals surface area contributed by atoms with Crippen molar-refractivity contribution in [1.82, 2.24) is 0 Å². The van der Waals surface area contributed by atoms with Crippen LogP contribution in [0, 0.1) is 11.8 Å². The van der Waals surface area contributed by atoms with Gasteiger partial charge in [-0.1, -0.05) is 41.5 Å². The molecule has 0 aliphatic rings. The molecular formula is C13H28O6S2. The Morgan fingerprint density at radius 3 is 1.19 bits per heavy atom. The highest BCUT2D eigenvalue weighted by molar-refractivity contribution is 8.03. The van der Waals surface area contributed by atoms with Gasteiger partial charge in [0.15, 0.2) is 0 Å². The van der Waals surface area contributed by atoms with Crippen LogP contribution in [0.25, 0.3) is 0 Å². The van der Waals surface area contributed by atoms with Gasteiger partial charge in [0.05, 0.1) is 12.2 Å². The molecule has 8 heteroatoms. The summed E-state index contributed by atoms with van der Waals surface area (Å²) >= 11 is 0. The smallest absolute Gasteiger partial charge is 0.266 e. The zero-order valence-corrected chi connectivity index (χ0v) is 15.3. The summed E-state index contributed by atoms with van der Waals surface area (Å²) in [6.45, 7) is 10.9. The fourth-order valence-corrected chi connectivity index (χ4v) is 5.24. The van der Waals surface area contributed by atoms with Crippen molar-refractivity contribution in [2.75, 3.05) is 5.08 Å². The van der Waals surface area contributed by atoms with E-state index in [0.29, 0.717) is 12.8 Å². The molecule has 0 heterocycles. The highest BCUT2D eigenvalue weighted by Crippen LogP contribution is 2.18. The van der Waals surface area contributed by atoms with Gasteiger partial charge in [0.1, 0.15) is 0 Å². The molecular weight excluding hydrogens is 316 g/mol. The van der Waals surface area contributed by atoms with Crippen LogP contribution in [0.2, 0.25) is 0 Å². The first-order valence-electron chi connectivity index (χ1n) is 7.26. The average molecular weight is 344 g/mol.